The Morgan fingerprint density at radius 3 is 2.61 bits per heavy atom. The van der Waals surface area contributed by atoms with Crippen molar-refractivity contribution in [3.05, 3.63) is 65.4 Å². The van der Waals surface area contributed by atoms with E-state index in [0.717, 1.165) is 36.2 Å². The van der Waals surface area contributed by atoms with Crippen molar-refractivity contribution in [2.45, 2.75) is 24.9 Å². The number of nitrogens with two attached hydrogens (primary N) is 1. The number of fused-ring (bicyclic) bond motifs is 1. The van der Waals surface area contributed by atoms with Gasteiger partial charge >= 0.3 is 5.97 Å². The number of amidine groups is 1. The van der Waals surface area contributed by atoms with Gasteiger partial charge in [0.1, 0.15) is 23.3 Å². The maximum Gasteiger partial charge on any atom is 0.311 e. The smallest absolute Gasteiger partial charge is 0.311 e. The highest BCUT2D eigenvalue weighted by molar-refractivity contribution is 5.98. The molecule has 2 heterocycles. The van der Waals surface area contributed by atoms with Gasteiger partial charge in [-0.1, -0.05) is 24.3 Å². The number of halogens is 2. The van der Waals surface area contributed by atoms with E-state index in [9.17, 15) is 9.90 Å². The van der Waals surface area contributed by atoms with Crippen molar-refractivity contribution in [2.75, 3.05) is 13.1 Å². The zero-order valence-corrected chi connectivity index (χ0v) is 18.3. The lowest BCUT2D eigenvalue weighted by molar-refractivity contribution is -0.138. The number of carboxylic acid groups (broad SMARTS) is 1. The van der Waals surface area contributed by atoms with Gasteiger partial charge in [-0.05, 0) is 48.7 Å². The summed E-state index contributed by atoms with van der Waals surface area (Å²) in [6.07, 6.45) is 3.01. The van der Waals surface area contributed by atoms with Crippen LogP contribution in [0.25, 0.3) is 11.0 Å². The molecule has 0 saturated carbocycles. The highest BCUT2D eigenvalue weighted by atomic mass is 35.5. The second-order valence-corrected chi connectivity index (χ2v) is 7.28. The van der Waals surface area contributed by atoms with Crippen LogP contribution in [0.3, 0.4) is 0 Å². The number of nitrogen functional groups attached to an aromatic ring is 1. The first-order valence-electron chi connectivity index (χ1n) is 9.56. The Hall–Kier alpha value is -2.74. The summed E-state index contributed by atoms with van der Waals surface area (Å²) in [6, 6.07) is 12.5. The summed E-state index contributed by atoms with van der Waals surface area (Å²) in [5.41, 5.74) is 8.20. The number of nitrogens with one attached hydrogen (secondary N) is 2. The van der Waals surface area contributed by atoms with Gasteiger partial charge in [0.05, 0.1) is 12.2 Å². The third kappa shape index (κ3) is 5.50. The van der Waals surface area contributed by atoms with Gasteiger partial charge in [0, 0.05) is 17.5 Å². The number of carboxylic acids is 1. The Morgan fingerprint density at radius 2 is 2.00 bits per heavy atom. The molecule has 0 bridgehead atoms. The molecule has 31 heavy (non-hydrogen) atoms. The summed E-state index contributed by atoms with van der Waals surface area (Å²) in [4.78, 5) is 12.0. The third-order valence-electron chi connectivity index (χ3n) is 5.29. The first-order chi connectivity index (χ1) is 14.0. The molecule has 9 heteroatoms. The molecule has 0 spiro atoms. The third-order valence-corrected chi connectivity index (χ3v) is 5.29. The van der Waals surface area contributed by atoms with Gasteiger partial charge < -0.3 is 25.3 Å². The second kappa shape index (κ2) is 10.5. The Balaban J connectivity index is 0.00000171. The standard InChI is InChI=1S/C22H23N3O4.2ClH/c23-21(24)14-3-6-18-15(12-28-20(18)10-14)9-19(22(26)27)13-1-4-16(5-2-13)29-17-7-8-25-11-17;;/h1-6,10,12,17,19,25H,7-9,11H2,(H3,23,24)(H,26,27);2*1H/t17-,19?;;/m0../s1. The van der Waals surface area contributed by atoms with Crippen LogP contribution in [0.4, 0.5) is 0 Å². The molecule has 0 radical (unpaired) electrons. The van der Waals surface area contributed by atoms with Gasteiger partial charge in [-0.2, -0.15) is 0 Å². The van der Waals surface area contributed by atoms with E-state index < -0.39 is 11.9 Å². The molecule has 1 fully saturated rings. The van der Waals surface area contributed by atoms with E-state index in [2.05, 4.69) is 5.32 Å². The maximum absolute atomic E-state index is 12.0. The zero-order chi connectivity index (χ0) is 20.4. The first kappa shape index (κ1) is 24.5. The lowest BCUT2D eigenvalue weighted by atomic mass is 9.91. The van der Waals surface area contributed by atoms with E-state index >= 15 is 0 Å². The Morgan fingerprint density at radius 1 is 1.26 bits per heavy atom. The van der Waals surface area contributed by atoms with Crippen molar-refractivity contribution in [3.63, 3.8) is 0 Å². The minimum absolute atomic E-state index is 0. The SMILES string of the molecule is Cl.Cl.N=C(N)c1ccc2c(CC(C(=O)O)c3ccc(O[C@H]4CCNC4)cc3)coc2c1. The molecular formula is C22H25Cl2N3O4. The van der Waals surface area contributed by atoms with Gasteiger partial charge in [0.25, 0.3) is 0 Å². The van der Waals surface area contributed by atoms with Crippen molar-refractivity contribution >= 4 is 47.6 Å². The number of ether oxygens (including phenoxy) is 1. The number of hydrogen-bond donors (Lipinski definition) is 4. The molecule has 1 saturated heterocycles. The van der Waals surface area contributed by atoms with Crippen LogP contribution in [0.5, 0.6) is 5.75 Å². The minimum Gasteiger partial charge on any atom is -0.489 e. The highest BCUT2D eigenvalue weighted by Gasteiger charge is 2.23. The lowest BCUT2D eigenvalue weighted by Crippen LogP contribution is -2.19. The molecule has 1 aromatic heterocycles. The van der Waals surface area contributed by atoms with Crippen LogP contribution in [0, 0.1) is 5.41 Å². The number of aliphatic carboxylic acids is 1. The van der Waals surface area contributed by atoms with Crippen molar-refractivity contribution in [2.24, 2.45) is 5.73 Å². The molecule has 0 aliphatic carbocycles. The largest absolute Gasteiger partial charge is 0.489 e. The van der Waals surface area contributed by atoms with Crippen LogP contribution in [0.1, 0.15) is 29.0 Å². The summed E-state index contributed by atoms with van der Waals surface area (Å²) in [5.74, 6) is -0.889. The molecule has 2 atom stereocenters. The molecule has 7 nitrogen and oxygen atoms in total. The molecule has 166 valence electrons. The normalized spacial score (nSPS) is 16.2. The van der Waals surface area contributed by atoms with Gasteiger partial charge in [0.2, 0.25) is 0 Å². The predicted molar refractivity (Wildman–Crippen MR) is 124 cm³/mol. The lowest BCUT2D eigenvalue weighted by Gasteiger charge is -2.15. The van der Waals surface area contributed by atoms with Gasteiger partial charge in [-0.3, -0.25) is 10.2 Å². The first-order valence-corrected chi connectivity index (χ1v) is 9.56. The fourth-order valence-corrected chi connectivity index (χ4v) is 3.68. The second-order valence-electron chi connectivity index (χ2n) is 7.28. The molecular weight excluding hydrogens is 441 g/mol. The molecule has 4 rings (SSSR count). The fraction of sp³-hybridized carbons (Fsp3) is 0.273. The molecule has 5 N–H and O–H groups in total. The van der Waals surface area contributed by atoms with E-state index in [1.165, 1.54) is 0 Å². The Kier molecular flexibility index (Phi) is 8.33. The highest BCUT2D eigenvalue weighted by Crippen LogP contribution is 2.29. The van der Waals surface area contributed by atoms with Crippen LogP contribution in [-0.2, 0) is 11.2 Å². The van der Waals surface area contributed by atoms with E-state index in [1.807, 2.05) is 30.3 Å². The maximum atomic E-state index is 12.0. The average Bonchev–Trinajstić information content (AvgIpc) is 3.36. The number of benzene rings is 2. The average molecular weight is 466 g/mol. The molecule has 3 aromatic rings. The van der Waals surface area contributed by atoms with E-state index in [4.69, 9.17) is 20.3 Å². The molecule has 1 unspecified atom stereocenters. The van der Waals surface area contributed by atoms with Crippen molar-refractivity contribution < 1.29 is 19.1 Å². The van der Waals surface area contributed by atoms with Gasteiger partial charge in [-0.25, -0.2) is 0 Å². The number of carbonyl (C=O) groups is 1. The van der Waals surface area contributed by atoms with Crippen LogP contribution in [-0.4, -0.2) is 36.1 Å². The van der Waals surface area contributed by atoms with Crippen LogP contribution in [0.2, 0.25) is 0 Å². The number of rotatable bonds is 7. The Labute approximate surface area is 192 Å². The monoisotopic (exact) mass is 465 g/mol. The van der Waals surface area contributed by atoms with Crippen LogP contribution in [0.15, 0.2) is 53.1 Å². The number of furan rings is 1. The minimum atomic E-state index is -0.895. The zero-order valence-electron chi connectivity index (χ0n) is 16.7. The molecule has 1 aliphatic heterocycles. The fourth-order valence-electron chi connectivity index (χ4n) is 3.68. The predicted octanol–water partition coefficient (Wildman–Crippen LogP) is 3.71. The quantitative estimate of drug-likeness (QED) is 0.311. The summed E-state index contributed by atoms with van der Waals surface area (Å²) < 4.78 is 11.5. The molecule has 0 amide bonds. The van der Waals surface area contributed by atoms with Gasteiger partial charge in [0.15, 0.2) is 0 Å². The summed E-state index contributed by atoms with van der Waals surface area (Å²) >= 11 is 0. The summed E-state index contributed by atoms with van der Waals surface area (Å²) in [6.45, 7) is 1.79. The number of hydrogen-bond acceptors (Lipinski definition) is 5. The van der Waals surface area contributed by atoms with Crippen LogP contribution >= 0.6 is 24.8 Å². The van der Waals surface area contributed by atoms with E-state index in [1.54, 1.807) is 18.4 Å². The van der Waals surface area contributed by atoms with E-state index in [0.29, 0.717) is 23.1 Å². The van der Waals surface area contributed by atoms with Crippen molar-refractivity contribution in [1.29, 1.82) is 5.41 Å². The molecule has 1 aliphatic rings. The van der Waals surface area contributed by atoms with Crippen molar-refractivity contribution in [1.82, 2.24) is 5.32 Å². The van der Waals surface area contributed by atoms with E-state index in [-0.39, 0.29) is 36.8 Å². The van der Waals surface area contributed by atoms with Crippen LogP contribution < -0.4 is 15.8 Å². The topological polar surface area (TPSA) is 122 Å². The van der Waals surface area contributed by atoms with Gasteiger partial charge in [-0.15, -0.1) is 24.8 Å². The summed E-state index contributed by atoms with van der Waals surface area (Å²) in [7, 11) is 0. The van der Waals surface area contributed by atoms with Crippen molar-refractivity contribution in [3.8, 4) is 5.75 Å². The Bertz CT molecular complexity index is 1050. The summed E-state index contributed by atoms with van der Waals surface area (Å²) in [5, 5.41) is 21.4. The molecule has 2 aromatic carbocycles.